The molecule has 2 aliphatic heterocycles. The van der Waals surface area contributed by atoms with Gasteiger partial charge in [0, 0.05) is 12.6 Å². The van der Waals surface area contributed by atoms with Gasteiger partial charge in [-0.3, -0.25) is 4.99 Å². The van der Waals surface area contributed by atoms with Crippen molar-refractivity contribution in [1.29, 1.82) is 0 Å². The smallest absolute Gasteiger partial charge is 0.133 e. The molecule has 1 fully saturated rings. The molecule has 2 atom stereocenters. The minimum Gasteiger partial charge on any atom is -0.497 e. The van der Waals surface area contributed by atoms with Gasteiger partial charge in [-0.15, -0.1) is 6.58 Å². The molecule has 3 rings (SSSR count). The molecule has 2 heterocycles. The monoisotopic (exact) mass is 568 g/mol. The van der Waals surface area contributed by atoms with Gasteiger partial charge in [-0.25, -0.2) is 0 Å². The highest BCUT2D eigenvalue weighted by Crippen LogP contribution is 2.18. The number of hydrogen-bond donors (Lipinski definition) is 3. The van der Waals surface area contributed by atoms with Crippen LogP contribution >= 0.6 is 0 Å². The van der Waals surface area contributed by atoms with E-state index in [0.29, 0.717) is 19.6 Å². The second kappa shape index (κ2) is 22.9. The second-order valence-corrected chi connectivity index (χ2v) is 10.1. The third-order valence-electron chi connectivity index (χ3n) is 6.93. The first-order chi connectivity index (χ1) is 19.9. The van der Waals surface area contributed by atoms with Crippen molar-refractivity contribution in [2.24, 2.45) is 4.99 Å². The van der Waals surface area contributed by atoms with Gasteiger partial charge in [0.15, 0.2) is 0 Å². The topological polar surface area (TPSA) is 81.2 Å². The van der Waals surface area contributed by atoms with E-state index in [9.17, 15) is 4.79 Å². The molecule has 8 nitrogen and oxygen atoms in total. The number of methoxy groups -OCH3 is 1. The van der Waals surface area contributed by atoms with Gasteiger partial charge in [-0.05, 0) is 77.2 Å². The molecule has 0 aromatic heterocycles. The highest BCUT2D eigenvalue weighted by atomic mass is 16.5. The van der Waals surface area contributed by atoms with E-state index in [1.165, 1.54) is 25.9 Å². The number of aliphatic imine (C=N–C) groups is 1. The van der Waals surface area contributed by atoms with Gasteiger partial charge in [0.2, 0.25) is 0 Å². The van der Waals surface area contributed by atoms with Crippen LogP contribution in [0.5, 0.6) is 5.75 Å². The van der Waals surface area contributed by atoms with Crippen LogP contribution in [0.15, 0.2) is 66.2 Å². The molecule has 2 aliphatic rings. The molecular weight excluding hydrogens is 512 g/mol. The van der Waals surface area contributed by atoms with Crippen LogP contribution in [0.4, 0.5) is 0 Å². The van der Waals surface area contributed by atoms with Crippen LogP contribution in [0.1, 0.15) is 46.1 Å². The third kappa shape index (κ3) is 15.1. The average Bonchev–Trinajstić information content (AvgIpc) is 3.09. The van der Waals surface area contributed by atoms with Crippen molar-refractivity contribution >= 4 is 12.1 Å². The normalized spacial score (nSPS) is 19.9. The van der Waals surface area contributed by atoms with Gasteiger partial charge in [-0.1, -0.05) is 63.3 Å². The fraction of sp³-hybridized carbons (Fsp3) is 0.576. The maximum Gasteiger partial charge on any atom is 0.133 e. The summed E-state index contributed by atoms with van der Waals surface area (Å²) in [4.78, 5) is 20.1. The first-order valence-electron chi connectivity index (χ1n) is 15.1. The van der Waals surface area contributed by atoms with Crippen molar-refractivity contribution in [3.8, 4) is 5.75 Å². The number of nitrogens with one attached hydrogen (secondary N) is 3. The Morgan fingerprint density at radius 2 is 1.78 bits per heavy atom. The third-order valence-corrected chi connectivity index (χ3v) is 6.93. The zero-order chi connectivity index (χ0) is 30.3. The maximum absolute atomic E-state index is 10.8. The molecule has 41 heavy (non-hydrogen) atoms. The lowest BCUT2D eigenvalue weighted by Crippen LogP contribution is -2.48. The van der Waals surface area contributed by atoms with Gasteiger partial charge >= 0.3 is 0 Å². The summed E-state index contributed by atoms with van der Waals surface area (Å²) in [5.74, 6) is 1.74. The summed E-state index contributed by atoms with van der Waals surface area (Å²) in [5, 5.41) is 9.80. The summed E-state index contributed by atoms with van der Waals surface area (Å²) in [7, 11) is 3.86. The first-order valence-corrected chi connectivity index (χ1v) is 15.1. The van der Waals surface area contributed by atoms with Crippen LogP contribution in [-0.2, 0) is 11.3 Å². The molecule has 0 radical (unpaired) electrons. The van der Waals surface area contributed by atoms with Crippen LogP contribution in [0, 0.1) is 0 Å². The van der Waals surface area contributed by atoms with Gasteiger partial charge in [0.05, 0.1) is 32.3 Å². The Hall–Kier alpha value is -2.78. The minimum atomic E-state index is -0.0548. The number of rotatable bonds is 12. The summed E-state index contributed by atoms with van der Waals surface area (Å²) in [6.45, 7) is 19.8. The summed E-state index contributed by atoms with van der Waals surface area (Å²) in [5.41, 5.74) is 1.15. The summed E-state index contributed by atoms with van der Waals surface area (Å²) in [6.07, 6.45) is 13.5. The molecule has 0 saturated carbocycles. The Morgan fingerprint density at radius 3 is 2.32 bits per heavy atom. The van der Waals surface area contributed by atoms with Crippen molar-refractivity contribution in [2.75, 3.05) is 60.0 Å². The standard InChI is InChI=1S/C21H27N3O2.C8H18N2.C4H11N/c1-4-19-8-6-5-7-13-23-21(17(2)22-14-15-25)24(19)16-18-9-11-20(26-3)12-10-18;1-3-9-8-4-6-10(2)7-5-8;1-3-5-4-2/h4-12,15,17,19,22H,1,13-14,16H2,2-3H3;8-9H,3-7H2,1-2H3;5H,3-4H2,1-2H3/b7-5-,8-6-,23-21?;;. The highest BCUT2D eigenvalue weighted by molar-refractivity contribution is 5.88. The minimum absolute atomic E-state index is 0.000849. The highest BCUT2D eigenvalue weighted by Gasteiger charge is 2.23. The quantitative estimate of drug-likeness (QED) is 0.259. The number of likely N-dealkylation sites (tertiary alicyclic amines) is 1. The maximum atomic E-state index is 10.8. The Bertz CT molecular complexity index is 905. The van der Waals surface area contributed by atoms with E-state index in [2.05, 4.69) is 78.4 Å². The van der Waals surface area contributed by atoms with Crippen LogP contribution in [-0.4, -0.2) is 100 Å². The number of amidine groups is 1. The lowest BCUT2D eigenvalue weighted by Gasteiger charge is -2.34. The van der Waals surface area contributed by atoms with E-state index in [1.807, 2.05) is 43.4 Å². The van der Waals surface area contributed by atoms with E-state index in [-0.39, 0.29) is 12.1 Å². The molecular formula is C33H56N6O2. The Morgan fingerprint density at radius 1 is 1.10 bits per heavy atom. The van der Waals surface area contributed by atoms with Gasteiger partial charge < -0.3 is 35.3 Å². The largest absolute Gasteiger partial charge is 0.497 e. The summed E-state index contributed by atoms with van der Waals surface area (Å²) in [6, 6.07) is 8.75. The predicted octanol–water partition coefficient (Wildman–Crippen LogP) is 4.06. The molecule has 2 unspecified atom stereocenters. The number of carbonyl (C=O) groups is 1. The molecule has 0 amide bonds. The molecule has 0 spiro atoms. The van der Waals surface area contributed by atoms with E-state index in [0.717, 1.165) is 49.1 Å². The van der Waals surface area contributed by atoms with Gasteiger partial charge in [-0.2, -0.15) is 0 Å². The lowest BCUT2D eigenvalue weighted by molar-refractivity contribution is -0.107. The number of ether oxygens (including phenoxy) is 1. The summed E-state index contributed by atoms with van der Waals surface area (Å²) < 4.78 is 5.24. The average molecular weight is 569 g/mol. The number of nitrogens with zero attached hydrogens (tertiary/aromatic N) is 3. The molecule has 230 valence electrons. The Balaban J connectivity index is 0.000000458. The zero-order valence-corrected chi connectivity index (χ0v) is 26.4. The lowest BCUT2D eigenvalue weighted by atomic mass is 10.1. The Kier molecular flexibility index (Phi) is 20.2. The van der Waals surface area contributed by atoms with E-state index in [4.69, 9.17) is 9.73 Å². The van der Waals surface area contributed by atoms with E-state index in [1.54, 1.807) is 7.11 Å². The Labute approximate surface area is 250 Å². The predicted molar refractivity (Wildman–Crippen MR) is 175 cm³/mol. The number of aldehydes is 1. The van der Waals surface area contributed by atoms with Crippen LogP contribution in [0.2, 0.25) is 0 Å². The van der Waals surface area contributed by atoms with Crippen LogP contribution in [0.25, 0.3) is 0 Å². The van der Waals surface area contributed by atoms with Crippen LogP contribution < -0.4 is 20.7 Å². The number of piperidine rings is 1. The zero-order valence-electron chi connectivity index (χ0n) is 26.4. The molecule has 1 aromatic carbocycles. The number of hydrogen-bond acceptors (Lipinski definition) is 8. The van der Waals surface area contributed by atoms with Crippen molar-refractivity contribution in [3.63, 3.8) is 0 Å². The van der Waals surface area contributed by atoms with Crippen molar-refractivity contribution in [3.05, 3.63) is 66.8 Å². The van der Waals surface area contributed by atoms with Gasteiger partial charge in [0.25, 0.3) is 0 Å². The molecule has 8 heteroatoms. The second-order valence-electron chi connectivity index (χ2n) is 10.1. The van der Waals surface area contributed by atoms with Crippen molar-refractivity contribution in [1.82, 2.24) is 25.8 Å². The molecule has 3 N–H and O–H groups in total. The fourth-order valence-corrected chi connectivity index (χ4v) is 4.58. The molecule has 1 aromatic rings. The van der Waals surface area contributed by atoms with Gasteiger partial charge in [0.1, 0.15) is 17.9 Å². The molecule has 1 saturated heterocycles. The van der Waals surface area contributed by atoms with Crippen molar-refractivity contribution < 1.29 is 9.53 Å². The molecule has 0 bridgehead atoms. The molecule has 0 aliphatic carbocycles. The first kappa shape index (κ1) is 36.2. The number of carbonyl (C=O) groups excluding carboxylic acids is 1. The van der Waals surface area contributed by atoms with Crippen LogP contribution in [0.3, 0.4) is 0 Å². The summed E-state index contributed by atoms with van der Waals surface area (Å²) >= 11 is 0. The number of benzene rings is 1. The van der Waals surface area contributed by atoms with E-state index < -0.39 is 0 Å². The SMILES string of the molecule is C=CC1/C=C\C=C/CN=C(C(C)NCC=O)N1Cc1ccc(OC)cc1.CCNC1CCN(C)CC1.CCNCC. The fourth-order valence-electron chi connectivity index (χ4n) is 4.58. The van der Waals surface area contributed by atoms with Crippen molar-refractivity contribution in [2.45, 2.75) is 65.2 Å². The van der Waals surface area contributed by atoms with E-state index >= 15 is 0 Å². The number of allylic oxidation sites excluding steroid dienone is 2.